The molecule has 1 amide bonds. The smallest absolute Gasteiger partial charge is 0.407 e. The van der Waals surface area contributed by atoms with E-state index in [0.29, 0.717) is 37.7 Å². The van der Waals surface area contributed by atoms with E-state index >= 15 is 0 Å². The number of aromatic nitrogens is 2. The molecular weight excluding hydrogens is 456 g/mol. The lowest BCUT2D eigenvalue weighted by Gasteiger charge is -2.19. The molecule has 192 valence electrons. The summed E-state index contributed by atoms with van der Waals surface area (Å²) in [4.78, 5) is 21.6. The van der Waals surface area contributed by atoms with Gasteiger partial charge in [0.25, 0.3) is 0 Å². The molecule has 3 aromatic rings. The number of benzene rings is 2. The maximum Gasteiger partial charge on any atom is 0.407 e. The molecule has 0 aliphatic carbocycles. The van der Waals surface area contributed by atoms with Crippen molar-refractivity contribution >= 4 is 11.8 Å². The third-order valence-electron chi connectivity index (χ3n) is 5.26. The van der Waals surface area contributed by atoms with Crippen molar-refractivity contribution < 1.29 is 18.9 Å². The SMILES string of the molecule is C/C(=N\OCCCCc1ccccc1)c1ccc(-c2noc(CCCNC(=O)OC(C)(C)C)n2)cc1. The Hall–Kier alpha value is -3.68. The largest absolute Gasteiger partial charge is 0.444 e. The number of rotatable bonds is 12. The predicted molar refractivity (Wildman–Crippen MR) is 140 cm³/mol. The number of ether oxygens (including phenoxy) is 1. The third kappa shape index (κ3) is 9.52. The van der Waals surface area contributed by atoms with Crippen LogP contribution in [-0.2, 0) is 22.4 Å². The maximum absolute atomic E-state index is 11.7. The van der Waals surface area contributed by atoms with Crippen LogP contribution in [-0.4, -0.2) is 40.7 Å². The predicted octanol–water partition coefficient (Wildman–Crippen LogP) is 5.96. The van der Waals surface area contributed by atoms with Gasteiger partial charge < -0.3 is 19.4 Å². The van der Waals surface area contributed by atoms with E-state index in [2.05, 4.69) is 44.9 Å². The average molecular weight is 493 g/mol. The summed E-state index contributed by atoms with van der Waals surface area (Å²) in [6.45, 7) is 8.48. The van der Waals surface area contributed by atoms with Gasteiger partial charge in [0, 0.05) is 18.5 Å². The van der Waals surface area contributed by atoms with E-state index in [1.165, 1.54) is 5.56 Å². The Bertz CT molecular complexity index is 1100. The monoisotopic (exact) mass is 492 g/mol. The van der Waals surface area contributed by atoms with Crippen LogP contribution in [0, 0.1) is 0 Å². The lowest BCUT2D eigenvalue weighted by atomic mass is 10.1. The molecule has 0 fully saturated rings. The van der Waals surface area contributed by atoms with Gasteiger partial charge in [-0.05, 0) is 64.5 Å². The van der Waals surface area contributed by atoms with E-state index < -0.39 is 11.7 Å². The lowest BCUT2D eigenvalue weighted by molar-refractivity contribution is 0.0527. The molecule has 1 heterocycles. The molecule has 1 aromatic heterocycles. The molecule has 0 unspecified atom stereocenters. The number of hydrogen-bond acceptors (Lipinski definition) is 7. The van der Waals surface area contributed by atoms with E-state index in [-0.39, 0.29) is 0 Å². The highest BCUT2D eigenvalue weighted by molar-refractivity contribution is 5.98. The van der Waals surface area contributed by atoms with E-state index in [1.54, 1.807) is 0 Å². The molecule has 36 heavy (non-hydrogen) atoms. The molecular formula is C28H36N4O4. The Labute approximate surface area is 213 Å². The van der Waals surface area contributed by atoms with Gasteiger partial charge in [-0.1, -0.05) is 64.9 Å². The standard InChI is InChI=1S/C28H36N4O4/c1-21(31-34-20-9-8-13-22-11-6-5-7-12-22)23-15-17-24(18-16-23)26-30-25(36-32-26)14-10-19-29-27(33)35-28(2,3)4/h5-7,11-12,15-18H,8-10,13-14,19-20H2,1-4H3,(H,29,33)/b31-21+. The number of carbonyl (C=O) groups excluding carboxylic acids is 1. The number of nitrogens with zero attached hydrogens (tertiary/aromatic N) is 3. The summed E-state index contributed by atoms with van der Waals surface area (Å²) in [5, 5.41) is 11.0. The molecule has 0 bridgehead atoms. The quantitative estimate of drug-likeness (QED) is 0.190. The lowest BCUT2D eigenvalue weighted by Crippen LogP contribution is -2.33. The average Bonchev–Trinajstić information content (AvgIpc) is 3.32. The second kappa shape index (κ2) is 13.4. The van der Waals surface area contributed by atoms with Gasteiger partial charge in [0.2, 0.25) is 11.7 Å². The van der Waals surface area contributed by atoms with Gasteiger partial charge in [-0.25, -0.2) is 4.79 Å². The number of carbonyl (C=O) groups is 1. The number of amides is 1. The zero-order valence-electron chi connectivity index (χ0n) is 21.6. The molecule has 8 heteroatoms. The number of alkyl carbamates (subject to hydrolysis) is 1. The van der Waals surface area contributed by atoms with Gasteiger partial charge >= 0.3 is 6.09 Å². The fourth-order valence-electron chi connectivity index (χ4n) is 3.41. The molecule has 0 atom stereocenters. The van der Waals surface area contributed by atoms with Crippen LogP contribution in [0.5, 0.6) is 0 Å². The highest BCUT2D eigenvalue weighted by Gasteiger charge is 2.15. The molecule has 0 aliphatic rings. The van der Waals surface area contributed by atoms with Crippen LogP contribution in [0.15, 0.2) is 64.3 Å². The second-order valence-corrected chi connectivity index (χ2v) is 9.57. The summed E-state index contributed by atoms with van der Waals surface area (Å²) in [6.07, 6.45) is 3.88. The van der Waals surface area contributed by atoms with Crippen molar-refractivity contribution in [3.63, 3.8) is 0 Å². The van der Waals surface area contributed by atoms with Crippen molar-refractivity contribution in [1.82, 2.24) is 15.5 Å². The van der Waals surface area contributed by atoms with Crippen molar-refractivity contribution in [2.75, 3.05) is 13.2 Å². The van der Waals surface area contributed by atoms with Crippen LogP contribution < -0.4 is 5.32 Å². The van der Waals surface area contributed by atoms with Crippen LogP contribution in [0.1, 0.15) is 64.0 Å². The highest BCUT2D eigenvalue weighted by Crippen LogP contribution is 2.18. The Morgan fingerprint density at radius 1 is 1.00 bits per heavy atom. The van der Waals surface area contributed by atoms with Crippen molar-refractivity contribution in [3.05, 3.63) is 71.6 Å². The molecule has 0 saturated heterocycles. The van der Waals surface area contributed by atoms with Crippen LogP contribution in [0.2, 0.25) is 0 Å². The highest BCUT2D eigenvalue weighted by atomic mass is 16.6. The van der Waals surface area contributed by atoms with Crippen LogP contribution in [0.4, 0.5) is 4.79 Å². The molecule has 2 aromatic carbocycles. The first-order valence-corrected chi connectivity index (χ1v) is 12.4. The number of aryl methyl sites for hydroxylation is 2. The second-order valence-electron chi connectivity index (χ2n) is 9.57. The van der Waals surface area contributed by atoms with Gasteiger partial charge in [-0.15, -0.1) is 0 Å². The van der Waals surface area contributed by atoms with Crippen LogP contribution >= 0.6 is 0 Å². The van der Waals surface area contributed by atoms with Crippen LogP contribution in [0.3, 0.4) is 0 Å². The minimum atomic E-state index is -0.513. The summed E-state index contributed by atoms with van der Waals surface area (Å²) in [7, 11) is 0. The van der Waals surface area contributed by atoms with Gasteiger partial charge in [0.1, 0.15) is 12.2 Å². The normalized spacial score (nSPS) is 11.8. The first kappa shape index (κ1) is 26.9. The number of hydrogen-bond donors (Lipinski definition) is 1. The molecule has 0 aliphatic heterocycles. The van der Waals surface area contributed by atoms with Gasteiger partial charge in [-0.2, -0.15) is 4.98 Å². The topological polar surface area (TPSA) is 98.8 Å². The van der Waals surface area contributed by atoms with E-state index in [0.717, 1.165) is 36.1 Å². The fourth-order valence-corrected chi connectivity index (χ4v) is 3.41. The molecule has 8 nitrogen and oxygen atoms in total. The van der Waals surface area contributed by atoms with Gasteiger partial charge in [0.05, 0.1) is 5.71 Å². The maximum atomic E-state index is 11.7. The first-order chi connectivity index (χ1) is 17.3. The Kier molecular flexibility index (Phi) is 10.0. The fraction of sp³-hybridized carbons (Fsp3) is 0.429. The number of nitrogens with one attached hydrogen (secondary N) is 1. The number of unbranched alkanes of at least 4 members (excludes halogenated alkanes) is 1. The Balaban J connectivity index is 1.38. The minimum Gasteiger partial charge on any atom is -0.444 e. The zero-order chi connectivity index (χ0) is 25.8. The summed E-state index contributed by atoms with van der Waals surface area (Å²) >= 11 is 0. The van der Waals surface area contributed by atoms with Gasteiger partial charge in [-0.3, -0.25) is 0 Å². The Morgan fingerprint density at radius 2 is 1.75 bits per heavy atom. The summed E-state index contributed by atoms with van der Waals surface area (Å²) < 4.78 is 10.6. The van der Waals surface area contributed by atoms with E-state index in [1.807, 2.05) is 58.0 Å². The van der Waals surface area contributed by atoms with Crippen molar-refractivity contribution in [2.45, 2.75) is 65.4 Å². The summed E-state index contributed by atoms with van der Waals surface area (Å²) in [5.41, 5.74) is 3.48. The summed E-state index contributed by atoms with van der Waals surface area (Å²) in [5.74, 6) is 1.05. The Morgan fingerprint density at radius 3 is 2.47 bits per heavy atom. The van der Waals surface area contributed by atoms with E-state index in [9.17, 15) is 4.79 Å². The van der Waals surface area contributed by atoms with Crippen molar-refractivity contribution in [3.8, 4) is 11.4 Å². The van der Waals surface area contributed by atoms with Gasteiger partial charge in [0.15, 0.2) is 0 Å². The minimum absolute atomic E-state index is 0.430. The third-order valence-corrected chi connectivity index (χ3v) is 5.26. The summed E-state index contributed by atoms with van der Waals surface area (Å²) in [6, 6.07) is 18.3. The molecule has 1 N–H and O–H groups in total. The first-order valence-electron chi connectivity index (χ1n) is 12.4. The zero-order valence-corrected chi connectivity index (χ0v) is 21.6. The molecule has 0 saturated carbocycles. The van der Waals surface area contributed by atoms with Crippen molar-refractivity contribution in [1.29, 1.82) is 0 Å². The van der Waals surface area contributed by atoms with Crippen molar-refractivity contribution in [2.24, 2.45) is 5.16 Å². The molecule has 3 rings (SSSR count). The molecule has 0 spiro atoms. The molecule has 0 radical (unpaired) electrons. The van der Waals surface area contributed by atoms with E-state index in [4.69, 9.17) is 14.1 Å². The number of oxime groups is 1. The van der Waals surface area contributed by atoms with Crippen LogP contribution in [0.25, 0.3) is 11.4 Å².